The smallest absolute Gasteiger partial charge is 0.227 e. The van der Waals surface area contributed by atoms with Crippen LogP contribution in [0.1, 0.15) is 38.8 Å². The fourth-order valence-electron chi connectivity index (χ4n) is 2.77. The van der Waals surface area contributed by atoms with Gasteiger partial charge in [0.05, 0.1) is 6.33 Å². The van der Waals surface area contributed by atoms with Crippen LogP contribution in [-0.2, 0) is 6.54 Å². The Balaban J connectivity index is 1.96. The minimum absolute atomic E-state index is 0.143. The van der Waals surface area contributed by atoms with Gasteiger partial charge in [-0.1, -0.05) is 37.3 Å². The number of imidazole rings is 1. The third-order valence-corrected chi connectivity index (χ3v) is 4.39. The highest BCUT2D eigenvalue weighted by atomic mass is 15.2. The zero-order chi connectivity index (χ0) is 18.5. The van der Waals surface area contributed by atoms with Gasteiger partial charge < -0.3 is 20.9 Å². The molecule has 7 heteroatoms. The summed E-state index contributed by atoms with van der Waals surface area (Å²) in [5.41, 5.74) is 8.61. The molecule has 0 fully saturated rings. The van der Waals surface area contributed by atoms with Crippen molar-refractivity contribution in [1.29, 1.82) is 0 Å². The molecule has 138 valence electrons. The van der Waals surface area contributed by atoms with Gasteiger partial charge in [0.1, 0.15) is 0 Å². The van der Waals surface area contributed by atoms with E-state index in [-0.39, 0.29) is 12.1 Å². The number of hydrogen-bond donors (Lipinski definition) is 3. The average molecular weight is 353 g/mol. The first kappa shape index (κ1) is 18.1. The van der Waals surface area contributed by atoms with E-state index in [0.717, 1.165) is 23.4 Å². The highest BCUT2D eigenvalue weighted by Gasteiger charge is 2.16. The second-order valence-electron chi connectivity index (χ2n) is 6.64. The van der Waals surface area contributed by atoms with E-state index in [9.17, 15) is 0 Å². The van der Waals surface area contributed by atoms with Gasteiger partial charge in [-0.2, -0.15) is 9.97 Å². The number of hydrogen-bond acceptors (Lipinski definition) is 6. The van der Waals surface area contributed by atoms with Crippen LogP contribution in [0.4, 0.5) is 11.8 Å². The zero-order valence-electron chi connectivity index (χ0n) is 15.6. The number of nitrogens with two attached hydrogens (primary N) is 1. The minimum Gasteiger partial charge on any atom is -0.364 e. The van der Waals surface area contributed by atoms with Crippen LogP contribution in [0.3, 0.4) is 0 Å². The van der Waals surface area contributed by atoms with Gasteiger partial charge in [-0.3, -0.25) is 0 Å². The molecule has 0 aliphatic heterocycles. The molecular formula is C19H27N7. The van der Waals surface area contributed by atoms with Crippen molar-refractivity contribution in [3.63, 3.8) is 0 Å². The second kappa shape index (κ2) is 8.14. The lowest BCUT2D eigenvalue weighted by Gasteiger charge is -2.16. The van der Waals surface area contributed by atoms with E-state index in [2.05, 4.69) is 58.1 Å². The lowest BCUT2D eigenvalue weighted by molar-refractivity contribution is 0.612. The monoisotopic (exact) mass is 353 g/mol. The SMILES string of the molecule is CCC(CN)Nc1nc(NCc2ccccc2)c2ncn(C(C)C)c2n1. The van der Waals surface area contributed by atoms with E-state index in [0.29, 0.717) is 19.0 Å². The molecule has 1 atom stereocenters. The van der Waals surface area contributed by atoms with Gasteiger partial charge in [0, 0.05) is 25.2 Å². The Bertz CT molecular complexity index is 838. The van der Waals surface area contributed by atoms with E-state index in [4.69, 9.17) is 10.7 Å². The summed E-state index contributed by atoms with van der Waals surface area (Å²) in [4.78, 5) is 13.9. The molecule has 26 heavy (non-hydrogen) atoms. The predicted molar refractivity (Wildman–Crippen MR) is 106 cm³/mol. The van der Waals surface area contributed by atoms with Crippen LogP contribution in [0.5, 0.6) is 0 Å². The molecule has 0 saturated carbocycles. The molecule has 2 aromatic heterocycles. The fourth-order valence-corrected chi connectivity index (χ4v) is 2.77. The van der Waals surface area contributed by atoms with Crippen LogP contribution in [0.2, 0.25) is 0 Å². The minimum atomic E-state index is 0.143. The van der Waals surface area contributed by atoms with Crippen molar-refractivity contribution in [3.05, 3.63) is 42.2 Å². The molecule has 0 bridgehead atoms. The van der Waals surface area contributed by atoms with Gasteiger partial charge in [0.2, 0.25) is 5.95 Å². The lowest BCUT2D eigenvalue weighted by Crippen LogP contribution is -2.29. The van der Waals surface area contributed by atoms with Crippen molar-refractivity contribution in [1.82, 2.24) is 19.5 Å². The molecule has 7 nitrogen and oxygen atoms in total. The number of anilines is 2. The van der Waals surface area contributed by atoms with Crippen LogP contribution < -0.4 is 16.4 Å². The summed E-state index contributed by atoms with van der Waals surface area (Å²) in [5.74, 6) is 1.31. The van der Waals surface area contributed by atoms with Crippen molar-refractivity contribution < 1.29 is 0 Å². The highest BCUT2D eigenvalue weighted by Crippen LogP contribution is 2.24. The third kappa shape index (κ3) is 3.94. The molecule has 2 heterocycles. The van der Waals surface area contributed by atoms with Gasteiger partial charge in [-0.05, 0) is 25.8 Å². The quantitative estimate of drug-likeness (QED) is 0.576. The molecule has 0 radical (unpaired) electrons. The van der Waals surface area contributed by atoms with Crippen molar-refractivity contribution in [2.75, 3.05) is 17.2 Å². The van der Waals surface area contributed by atoms with Crippen LogP contribution in [0.25, 0.3) is 11.2 Å². The number of rotatable bonds is 8. The topological polar surface area (TPSA) is 93.7 Å². The number of nitrogens with one attached hydrogen (secondary N) is 2. The Labute approximate surface area is 154 Å². The van der Waals surface area contributed by atoms with E-state index < -0.39 is 0 Å². The maximum absolute atomic E-state index is 5.82. The molecule has 3 rings (SSSR count). The van der Waals surface area contributed by atoms with E-state index in [1.54, 1.807) is 0 Å². The summed E-state index contributed by atoms with van der Waals surface area (Å²) in [5, 5.41) is 6.74. The van der Waals surface area contributed by atoms with E-state index in [1.165, 1.54) is 5.56 Å². The normalized spacial score (nSPS) is 12.5. The third-order valence-electron chi connectivity index (χ3n) is 4.39. The van der Waals surface area contributed by atoms with E-state index in [1.807, 2.05) is 24.5 Å². The van der Waals surface area contributed by atoms with Gasteiger partial charge in [0.15, 0.2) is 17.0 Å². The summed E-state index contributed by atoms with van der Waals surface area (Å²) in [6.07, 6.45) is 2.73. The first-order chi connectivity index (χ1) is 12.6. The number of nitrogens with zero attached hydrogens (tertiary/aromatic N) is 4. The molecule has 3 aromatic rings. The molecule has 0 aliphatic rings. The van der Waals surface area contributed by atoms with Crippen molar-refractivity contribution in [2.45, 2.75) is 45.8 Å². The predicted octanol–water partition coefficient (Wildman–Crippen LogP) is 3.17. The lowest BCUT2D eigenvalue weighted by atomic mass is 10.2. The molecular weight excluding hydrogens is 326 g/mol. The number of fused-ring (bicyclic) bond motifs is 1. The first-order valence-corrected chi connectivity index (χ1v) is 9.11. The van der Waals surface area contributed by atoms with Gasteiger partial charge in [0.25, 0.3) is 0 Å². The molecule has 0 amide bonds. The number of benzene rings is 1. The fraction of sp³-hybridized carbons (Fsp3) is 0.421. The summed E-state index contributed by atoms with van der Waals surface area (Å²) in [6, 6.07) is 10.6. The summed E-state index contributed by atoms with van der Waals surface area (Å²) < 4.78 is 2.05. The second-order valence-corrected chi connectivity index (χ2v) is 6.64. The van der Waals surface area contributed by atoms with Crippen molar-refractivity contribution in [2.24, 2.45) is 5.73 Å². The molecule has 0 aliphatic carbocycles. The Morgan fingerprint density at radius 1 is 1.15 bits per heavy atom. The van der Waals surface area contributed by atoms with Crippen LogP contribution in [0, 0.1) is 0 Å². The van der Waals surface area contributed by atoms with Crippen molar-refractivity contribution >= 4 is 22.9 Å². The Kier molecular flexibility index (Phi) is 5.68. The van der Waals surface area contributed by atoms with Crippen LogP contribution >= 0.6 is 0 Å². The van der Waals surface area contributed by atoms with Gasteiger partial charge >= 0.3 is 0 Å². The Hall–Kier alpha value is -2.67. The standard InChI is InChI=1S/C19H27N7/c1-4-15(10-20)23-19-24-17(21-11-14-8-6-5-7-9-14)16-18(25-19)26(12-22-16)13(2)3/h5-9,12-13,15H,4,10-11,20H2,1-3H3,(H2,21,23,24,25). The van der Waals surface area contributed by atoms with E-state index >= 15 is 0 Å². The van der Waals surface area contributed by atoms with Crippen molar-refractivity contribution in [3.8, 4) is 0 Å². The van der Waals surface area contributed by atoms with Crippen LogP contribution in [0.15, 0.2) is 36.7 Å². The average Bonchev–Trinajstić information content (AvgIpc) is 3.09. The molecule has 4 N–H and O–H groups in total. The Morgan fingerprint density at radius 2 is 1.92 bits per heavy atom. The summed E-state index contributed by atoms with van der Waals surface area (Å²) >= 11 is 0. The largest absolute Gasteiger partial charge is 0.364 e. The van der Waals surface area contributed by atoms with Crippen LogP contribution in [-0.4, -0.2) is 32.1 Å². The summed E-state index contributed by atoms with van der Waals surface area (Å²) in [7, 11) is 0. The Morgan fingerprint density at radius 3 is 2.58 bits per heavy atom. The zero-order valence-corrected chi connectivity index (χ0v) is 15.6. The van der Waals surface area contributed by atoms with Gasteiger partial charge in [-0.25, -0.2) is 4.98 Å². The maximum atomic E-state index is 5.82. The maximum Gasteiger partial charge on any atom is 0.227 e. The molecule has 0 spiro atoms. The van der Waals surface area contributed by atoms with Gasteiger partial charge in [-0.15, -0.1) is 0 Å². The summed E-state index contributed by atoms with van der Waals surface area (Å²) in [6.45, 7) is 7.53. The first-order valence-electron chi connectivity index (χ1n) is 9.11. The molecule has 1 aromatic carbocycles. The molecule has 1 unspecified atom stereocenters. The molecule has 0 saturated heterocycles. The highest BCUT2D eigenvalue weighted by molar-refractivity contribution is 5.84. The number of aromatic nitrogens is 4.